The molecule has 4 aromatic carbocycles. The van der Waals surface area contributed by atoms with Crippen LogP contribution in [0.25, 0.3) is 33.4 Å². The number of benzene rings is 4. The van der Waals surface area contributed by atoms with E-state index in [-0.39, 0.29) is 0 Å². The van der Waals surface area contributed by atoms with Gasteiger partial charge in [0.25, 0.3) is 0 Å². The van der Waals surface area contributed by atoms with E-state index >= 15 is 0 Å². The molecule has 0 spiro atoms. The molecule has 4 aromatic rings. The molecule has 0 bridgehead atoms. The van der Waals surface area contributed by atoms with Gasteiger partial charge in [0.1, 0.15) is 0 Å². The third-order valence-corrected chi connectivity index (χ3v) is 4.21. The van der Waals surface area contributed by atoms with E-state index in [1.165, 1.54) is 27.8 Å². The lowest BCUT2D eigenvalue weighted by atomic mass is 9.93. The molecule has 0 amide bonds. The van der Waals surface area contributed by atoms with Crippen molar-refractivity contribution in [2.45, 2.75) is 0 Å². The van der Waals surface area contributed by atoms with E-state index in [9.17, 15) is 0 Å². The van der Waals surface area contributed by atoms with Crippen molar-refractivity contribution in [1.29, 1.82) is 0 Å². The van der Waals surface area contributed by atoms with E-state index in [0.717, 1.165) is 5.56 Å². The van der Waals surface area contributed by atoms with Gasteiger partial charge in [-0.05, 0) is 45.5 Å². The summed E-state index contributed by atoms with van der Waals surface area (Å²) in [5, 5.41) is 0. The molecule has 0 nitrogen and oxygen atoms in total. The second-order valence-electron chi connectivity index (χ2n) is 5.77. The zero-order chi connectivity index (χ0) is 16.2. The standard InChI is InChI=1S/C24H17/c1-3-10-19(11-4-1)21-14-9-15-22(18-21)24-17-8-7-16-23(24)20-12-5-2-6-13-20/h1-13,15-18H. The van der Waals surface area contributed by atoms with Crippen molar-refractivity contribution in [3.8, 4) is 33.4 Å². The largest absolute Gasteiger partial charge is 0.0622 e. The molecule has 0 fully saturated rings. The van der Waals surface area contributed by atoms with Crippen molar-refractivity contribution in [3.05, 3.63) is 109 Å². The van der Waals surface area contributed by atoms with Gasteiger partial charge in [-0.2, -0.15) is 0 Å². The maximum atomic E-state index is 3.35. The summed E-state index contributed by atoms with van der Waals surface area (Å²) in [5.74, 6) is 0. The summed E-state index contributed by atoms with van der Waals surface area (Å²) in [6, 6.07) is 39.2. The Hall–Kier alpha value is -3.12. The highest BCUT2D eigenvalue weighted by Crippen LogP contribution is 2.33. The summed E-state index contributed by atoms with van der Waals surface area (Å²) < 4.78 is 0. The van der Waals surface area contributed by atoms with Crippen LogP contribution in [-0.4, -0.2) is 0 Å². The van der Waals surface area contributed by atoms with E-state index in [4.69, 9.17) is 0 Å². The van der Waals surface area contributed by atoms with Gasteiger partial charge < -0.3 is 0 Å². The van der Waals surface area contributed by atoms with Crippen LogP contribution in [0, 0.1) is 6.07 Å². The average molecular weight is 305 g/mol. The Kier molecular flexibility index (Phi) is 3.95. The van der Waals surface area contributed by atoms with Gasteiger partial charge in [-0.1, -0.05) is 97.1 Å². The molecule has 0 aromatic heterocycles. The highest BCUT2D eigenvalue weighted by atomic mass is 14.1. The van der Waals surface area contributed by atoms with Crippen LogP contribution in [-0.2, 0) is 0 Å². The van der Waals surface area contributed by atoms with Crippen LogP contribution in [0.5, 0.6) is 0 Å². The first kappa shape index (κ1) is 14.5. The lowest BCUT2D eigenvalue weighted by Gasteiger charge is -2.11. The van der Waals surface area contributed by atoms with Gasteiger partial charge >= 0.3 is 0 Å². The Labute approximate surface area is 143 Å². The normalized spacial score (nSPS) is 10.5. The summed E-state index contributed by atoms with van der Waals surface area (Å²) >= 11 is 0. The van der Waals surface area contributed by atoms with E-state index in [0.29, 0.717) is 0 Å². The van der Waals surface area contributed by atoms with Crippen molar-refractivity contribution >= 4 is 0 Å². The SMILES string of the molecule is [c]1ccc(-c2ccccc2-c2ccccc2)cc1-c1ccccc1. The van der Waals surface area contributed by atoms with E-state index < -0.39 is 0 Å². The van der Waals surface area contributed by atoms with Crippen molar-refractivity contribution in [2.24, 2.45) is 0 Å². The molecule has 113 valence electrons. The highest BCUT2D eigenvalue weighted by Gasteiger charge is 2.07. The summed E-state index contributed by atoms with van der Waals surface area (Å²) in [4.78, 5) is 0. The fourth-order valence-electron chi connectivity index (χ4n) is 3.02. The first-order valence-electron chi connectivity index (χ1n) is 8.14. The minimum Gasteiger partial charge on any atom is -0.0622 e. The van der Waals surface area contributed by atoms with E-state index in [1.54, 1.807) is 0 Å². The summed E-state index contributed by atoms with van der Waals surface area (Å²) in [5.41, 5.74) is 7.26. The lowest BCUT2D eigenvalue weighted by molar-refractivity contribution is 1.56. The molecule has 0 aliphatic heterocycles. The Morgan fingerprint density at radius 3 is 1.67 bits per heavy atom. The summed E-state index contributed by atoms with van der Waals surface area (Å²) in [7, 11) is 0. The molecule has 0 aliphatic carbocycles. The van der Waals surface area contributed by atoms with Gasteiger partial charge in [0.05, 0.1) is 0 Å². The zero-order valence-corrected chi connectivity index (χ0v) is 13.3. The quantitative estimate of drug-likeness (QED) is 0.406. The lowest BCUT2D eigenvalue weighted by Crippen LogP contribution is -1.86. The van der Waals surface area contributed by atoms with Crippen LogP contribution in [0.3, 0.4) is 0 Å². The molecule has 4 rings (SSSR count). The second-order valence-corrected chi connectivity index (χ2v) is 5.77. The molecule has 0 atom stereocenters. The molecule has 24 heavy (non-hydrogen) atoms. The number of rotatable bonds is 3. The predicted octanol–water partition coefficient (Wildman–Crippen LogP) is 6.49. The van der Waals surface area contributed by atoms with Crippen molar-refractivity contribution in [2.75, 3.05) is 0 Å². The summed E-state index contributed by atoms with van der Waals surface area (Å²) in [6.45, 7) is 0. The molecule has 0 saturated heterocycles. The van der Waals surface area contributed by atoms with Gasteiger partial charge in [-0.15, -0.1) is 0 Å². The first-order chi connectivity index (χ1) is 11.9. The molecular formula is C24H17. The molecule has 0 heterocycles. The third-order valence-electron chi connectivity index (χ3n) is 4.21. The Morgan fingerprint density at radius 2 is 1.00 bits per heavy atom. The van der Waals surface area contributed by atoms with Crippen LogP contribution < -0.4 is 0 Å². The molecule has 0 N–H and O–H groups in total. The van der Waals surface area contributed by atoms with Gasteiger partial charge in [-0.3, -0.25) is 0 Å². The van der Waals surface area contributed by atoms with Crippen LogP contribution >= 0.6 is 0 Å². The molecule has 0 heteroatoms. The minimum absolute atomic E-state index is 1.12. The third kappa shape index (κ3) is 2.87. The predicted molar refractivity (Wildman–Crippen MR) is 102 cm³/mol. The van der Waals surface area contributed by atoms with Crippen molar-refractivity contribution in [3.63, 3.8) is 0 Å². The second kappa shape index (κ2) is 6.55. The Morgan fingerprint density at radius 1 is 0.458 bits per heavy atom. The first-order valence-corrected chi connectivity index (χ1v) is 8.14. The van der Waals surface area contributed by atoms with Gasteiger partial charge in [-0.25, -0.2) is 0 Å². The van der Waals surface area contributed by atoms with Crippen molar-refractivity contribution < 1.29 is 0 Å². The van der Waals surface area contributed by atoms with Gasteiger partial charge in [0.2, 0.25) is 0 Å². The van der Waals surface area contributed by atoms with Gasteiger partial charge in [0.15, 0.2) is 0 Å². The van der Waals surface area contributed by atoms with Crippen LogP contribution in [0.15, 0.2) is 103 Å². The molecule has 0 aliphatic rings. The fourth-order valence-corrected chi connectivity index (χ4v) is 3.02. The van der Waals surface area contributed by atoms with Crippen LogP contribution in [0.4, 0.5) is 0 Å². The molecular weight excluding hydrogens is 288 g/mol. The number of hydrogen-bond acceptors (Lipinski definition) is 0. The van der Waals surface area contributed by atoms with E-state index in [2.05, 4.69) is 97.1 Å². The Bertz CT molecular complexity index is 938. The van der Waals surface area contributed by atoms with Crippen molar-refractivity contribution in [1.82, 2.24) is 0 Å². The smallest absolute Gasteiger partial charge is 0.00987 e. The number of hydrogen-bond donors (Lipinski definition) is 0. The fraction of sp³-hybridized carbons (Fsp3) is 0. The zero-order valence-electron chi connectivity index (χ0n) is 13.3. The summed E-state index contributed by atoms with van der Waals surface area (Å²) in [6.07, 6.45) is 0. The molecule has 0 unspecified atom stereocenters. The van der Waals surface area contributed by atoms with Gasteiger partial charge in [0, 0.05) is 0 Å². The minimum atomic E-state index is 1.12. The van der Waals surface area contributed by atoms with Crippen LogP contribution in [0.1, 0.15) is 0 Å². The molecule has 0 saturated carbocycles. The highest BCUT2D eigenvalue weighted by molar-refractivity contribution is 5.85. The van der Waals surface area contributed by atoms with E-state index in [1.807, 2.05) is 12.1 Å². The average Bonchev–Trinajstić information content (AvgIpc) is 2.69. The topological polar surface area (TPSA) is 0 Å². The maximum absolute atomic E-state index is 3.35. The Balaban J connectivity index is 1.84. The molecule has 1 radical (unpaired) electrons. The van der Waals surface area contributed by atoms with Crippen LogP contribution in [0.2, 0.25) is 0 Å². The maximum Gasteiger partial charge on any atom is -0.00987 e. The monoisotopic (exact) mass is 305 g/mol.